The first-order chi connectivity index (χ1) is 9.08. The van der Waals surface area contributed by atoms with Crippen LogP contribution in [0, 0.1) is 17.8 Å². The van der Waals surface area contributed by atoms with Crippen LogP contribution in [-0.4, -0.2) is 28.8 Å². The van der Waals surface area contributed by atoms with Gasteiger partial charge in [-0.2, -0.15) is 0 Å². The summed E-state index contributed by atoms with van der Waals surface area (Å²) in [5.41, 5.74) is -0.625. The summed E-state index contributed by atoms with van der Waals surface area (Å²) in [6.07, 6.45) is 2.12. The maximum absolute atomic E-state index is 11.8. The monoisotopic (exact) mass is 285 g/mol. The highest BCUT2D eigenvalue weighted by molar-refractivity contribution is 5.80. The standard InChI is InChI=1S/C15H27NO4/c1-9-6-10(2)8-11(7-9)12(13(17)18)16-14(19)20-15(3,4)5/h9-12H,6-8H2,1-5H3,(H,16,19)(H,17,18)/t9-,10+,11?,12-/m0/s1. The van der Waals surface area contributed by atoms with E-state index in [-0.39, 0.29) is 5.92 Å². The minimum Gasteiger partial charge on any atom is -0.480 e. The molecule has 0 aliphatic heterocycles. The number of aliphatic carboxylic acids is 1. The van der Waals surface area contributed by atoms with Gasteiger partial charge in [0.1, 0.15) is 11.6 Å². The first-order valence-corrected chi connectivity index (χ1v) is 7.30. The van der Waals surface area contributed by atoms with Crippen molar-refractivity contribution in [2.24, 2.45) is 17.8 Å². The fourth-order valence-electron chi connectivity index (χ4n) is 3.10. The Kier molecular flexibility index (Phi) is 5.42. The first kappa shape index (κ1) is 16.8. The SMILES string of the molecule is C[C@@H]1CC([C@H](NC(=O)OC(C)(C)C)C(=O)O)C[C@H](C)C1. The van der Waals surface area contributed by atoms with Gasteiger partial charge in [-0.3, -0.25) is 0 Å². The Balaban J connectivity index is 2.69. The average molecular weight is 285 g/mol. The van der Waals surface area contributed by atoms with E-state index in [0.717, 1.165) is 19.3 Å². The normalized spacial score (nSPS) is 28.6. The van der Waals surface area contributed by atoms with Crippen LogP contribution >= 0.6 is 0 Å². The van der Waals surface area contributed by atoms with Crippen molar-refractivity contribution in [3.63, 3.8) is 0 Å². The van der Waals surface area contributed by atoms with E-state index in [4.69, 9.17) is 4.74 Å². The molecule has 0 heterocycles. The van der Waals surface area contributed by atoms with Crippen molar-refractivity contribution in [2.45, 2.75) is 65.5 Å². The van der Waals surface area contributed by atoms with Crippen LogP contribution in [-0.2, 0) is 9.53 Å². The Morgan fingerprint density at radius 3 is 2.05 bits per heavy atom. The second-order valence-corrected chi connectivity index (χ2v) is 7.14. The Morgan fingerprint density at radius 1 is 1.15 bits per heavy atom. The summed E-state index contributed by atoms with van der Waals surface area (Å²) in [6.45, 7) is 9.54. The quantitative estimate of drug-likeness (QED) is 0.835. The van der Waals surface area contributed by atoms with Crippen LogP contribution in [0.2, 0.25) is 0 Å². The predicted octanol–water partition coefficient (Wildman–Crippen LogP) is 3.04. The fraction of sp³-hybridized carbons (Fsp3) is 0.867. The van der Waals surface area contributed by atoms with Gasteiger partial charge in [-0.25, -0.2) is 9.59 Å². The second kappa shape index (κ2) is 6.46. The van der Waals surface area contributed by atoms with Crippen LogP contribution < -0.4 is 5.32 Å². The fourth-order valence-corrected chi connectivity index (χ4v) is 3.10. The Morgan fingerprint density at radius 2 is 1.65 bits per heavy atom. The zero-order valence-corrected chi connectivity index (χ0v) is 13.1. The minimum atomic E-state index is -0.984. The summed E-state index contributed by atoms with van der Waals surface area (Å²) >= 11 is 0. The lowest BCUT2D eigenvalue weighted by Crippen LogP contribution is -2.49. The third kappa shape index (κ3) is 5.39. The molecule has 1 saturated carbocycles. The third-order valence-electron chi connectivity index (χ3n) is 3.62. The summed E-state index contributed by atoms with van der Waals surface area (Å²) in [4.78, 5) is 23.2. The van der Waals surface area contributed by atoms with E-state index in [9.17, 15) is 14.7 Å². The molecule has 1 unspecified atom stereocenters. The van der Waals surface area contributed by atoms with Gasteiger partial charge in [0, 0.05) is 0 Å². The number of carbonyl (C=O) groups excluding carboxylic acids is 1. The van der Waals surface area contributed by atoms with Crippen molar-refractivity contribution in [3.8, 4) is 0 Å². The van der Waals surface area contributed by atoms with Gasteiger partial charge in [0.2, 0.25) is 0 Å². The largest absolute Gasteiger partial charge is 0.480 e. The van der Waals surface area contributed by atoms with Crippen molar-refractivity contribution in [1.82, 2.24) is 5.32 Å². The summed E-state index contributed by atoms with van der Waals surface area (Å²) in [5.74, 6) is -0.0296. The molecule has 0 spiro atoms. The molecule has 1 amide bonds. The number of alkyl carbamates (subject to hydrolysis) is 1. The summed E-state index contributed by atoms with van der Waals surface area (Å²) in [5, 5.41) is 11.9. The van der Waals surface area contributed by atoms with E-state index < -0.39 is 23.7 Å². The summed E-state index contributed by atoms with van der Waals surface area (Å²) in [7, 11) is 0. The van der Waals surface area contributed by atoms with E-state index in [1.54, 1.807) is 20.8 Å². The number of carboxylic acid groups (broad SMARTS) is 1. The molecule has 2 N–H and O–H groups in total. The van der Waals surface area contributed by atoms with Gasteiger partial charge >= 0.3 is 12.1 Å². The molecule has 0 aromatic heterocycles. The molecule has 4 atom stereocenters. The Bertz CT molecular complexity index is 351. The van der Waals surface area contributed by atoms with Crippen molar-refractivity contribution < 1.29 is 19.4 Å². The molecule has 0 bridgehead atoms. The van der Waals surface area contributed by atoms with Crippen molar-refractivity contribution in [2.75, 3.05) is 0 Å². The highest BCUT2D eigenvalue weighted by atomic mass is 16.6. The maximum atomic E-state index is 11.8. The molecule has 0 aromatic carbocycles. The van der Waals surface area contributed by atoms with Crippen LogP contribution in [0.15, 0.2) is 0 Å². The number of rotatable bonds is 3. The molecule has 1 aliphatic rings. The number of ether oxygens (including phenoxy) is 1. The zero-order chi connectivity index (χ0) is 15.5. The van der Waals surface area contributed by atoms with Crippen molar-refractivity contribution >= 4 is 12.1 Å². The number of hydrogen-bond acceptors (Lipinski definition) is 3. The lowest BCUT2D eigenvalue weighted by molar-refractivity contribution is -0.141. The van der Waals surface area contributed by atoms with Crippen LogP contribution in [0.4, 0.5) is 4.79 Å². The molecule has 1 fully saturated rings. The molecule has 5 nitrogen and oxygen atoms in total. The van der Waals surface area contributed by atoms with E-state index >= 15 is 0 Å². The van der Waals surface area contributed by atoms with Gasteiger partial charge in [0.05, 0.1) is 0 Å². The predicted molar refractivity (Wildman–Crippen MR) is 76.5 cm³/mol. The van der Waals surface area contributed by atoms with Gasteiger partial charge in [0.15, 0.2) is 0 Å². The van der Waals surface area contributed by atoms with Crippen molar-refractivity contribution in [1.29, 1.82) is 0 Å². The number of carbonyl (C=O) groups is 2. The molecule has 0 saturated heterocycles. The lowest BCUT2D eigenvalue weighted by atomic mass is 9.74. The molecule has 0 aromatic rings. The molecular weight excluding hydrogens is 258 g/mol. The smallest absolute Gasteiger partial charge is 0.408 e. The van der Waals surface area contributed by atoms with Crippen LogP contribution in [0.25, 0.3) is 0 Å². The summed E-state index contributed by atoms with van der Waals surface area (Å²) in [6, 6.07) is -0.866. The molecule has 0 radical (unpaired) electrons. The number of carboxylic acids is 1. The molecule has 20 heavy (non-hydrogen) atoms. The third-order valence-corrected chi connectivity index (χ3v) is 3.62. The molecule has 5 heteroatoms. The van der Waals surface area contributed by atoms with Gasteiger partial charge in [-0.1, -0.05) is 13.8 Å². The van der Waals surface area contributed by atoms with Crippen LogP contribution in [0.1, 0.15) is 53.9 Å². The van der Waals surface area contributed by atoms with Gasteiger partial charge in [-0.15, -0.1) is 0 Å². The Labute approximate surface area is 121 Å². The zero-order valence-electron chi connectivity index (χ0n) is 13.1. The molecule has 1 aliphatic carbocycles. The Hall–Kier alpha value is -1.26. The van der Waals surface area contributed by atoms with E-state index in [2.05, 4.69) is 19.2 Å². The highest BCUT2D eigenvalue weighted by Crippen LogP contribution is 2.34. The number of amides is 1. The van der Waals surface area contributed by atoms with Gasteiger partial charge < -0.3 is 15.2 Å². The van der Waals surface area contributed by atoms with Crippen molar-refractivity contribution in [3.05, 3.63) is 0 Å². The number of nitrogens with one attached hydrogen (secondary N) is 1. The first-order valence-electron chi connectivity index (χ1n) is 7.30. The van der Waals surface area contributed by atoms with Crippen LogP contribution in [0.5, 0.6) is 0 Å². The highest BCUT2D eigenvalue weighted by Gasteiger charge is 2.35. The lowest BCUT2D eigenvalue weighted by Gasteiger charge is -2.35. The second-order valence-electron chi connectivity index (χ2n) is 7.14. The summed E-state index contributed by atoms with van der Waals surface area (Å²) < 4.78 is 5.15. The van der Waals surface area contributed by atoms with Gasteiger partial charge in [0.25, 0.3) is 0 Å². The van der Waals surface area contributed by atoms with E-state index in [0.29, 0.717) is 11.8 Å². The topological polar surface area (TPSA) is 75.6 Å². The van der Waals surface area contributed by atoms with E-state index in [1.165, 1.54) is 0 Å². The number of hydrogen-bond donors (Lipinski definition) is 2. The van der Waals surface area contributed by atoms with Crippen LogP contribution in [0.3, 0.4) is 0 Å². The molecule has 1 rings (SSSR count). The maximum Gasteiger partial charge on any atom is 0.408 e. The van der Waals surface area contributed by atoms with Gasteiger partial charge in [-0.05, 0) is 57.8 Å². The van der Waals surface area contributed by atoms with E-state index in [1.807, 2.05) is 0 Å². The minimum absolute atomic E-state index is 0.0289. The molecular formula is C15H27NO4. The molecule has 116 valence electrons. The average Bonchev–Trinajstić information content (AvgIpc) is 2.21.